The Morgan fingerprint density at radius 2 is 1.84 bits per heavy atom. The Morgan fingerprint density at radius 3 is 2.46 bits per heavy atom. The smallest absolute Gasteiger partial charge is 0.312 e. The van der Waals surface area contributed by atoms with Gasteiger partial charge in [-0.25, -0.2) is 0 Å². The maximum atomic E-state index is 12.9. The molecule has 2 N–H and O–H groups in total. The minimum Gasteiger partial charge on any atom is -0.459 e. The first kappa shape index (κ1) is 26.9. The molecular weight excluding hydrogens is 508 g/mol. The van der Waals surface area contributed by atoms with Crippen LogP contribution in [-0.4, -0.2) is 87.9 Å². The second-order valence-electron chi connectivity index (χ2n) is 11.4. The van der Waals surface area contributed by atoms with Gasteiger partial charge in [-0.2, -0.15) is 0 Å². The molecule has 2 aliphatic carbocycles. The summed E-state index contributed by atoms with van der Waals surface area (Å²) in [6, 6.07) is 0. The number of aliphatic hydroxyl groups excluding tert-OH is 1. The van der Waals surface area contributed by atoms with Gasteiger partial charge in [0.05, 0.1) is 23.5 Å². The first-order valence-corrected chi connectivity index (χ1v) is 13.3. The monoisotopic (exact) mass is 542 g/mol. The van der Waals surface area contributed by atoms with Gasteiger partial charge in [0.15, 0.2) is 11.7 Å². The molecule has 11 unspecified atom stereocenters. The lowest BCUT2D eigenvalue weighted by atomic mass is 9.53. The van der Waals surface area contributed by atoms with Gasteiger partial charge >= 0.3 is 17.9 Å². The number of halogens is 1. The third-order valence-corrected chi connectivity index (χ3v) is 9.78. The second-order valence-corrected chi connectivity index (χ2v) is 11.9. The van der Waals surface area contributed by atoms with Gasteiger partial charge in [-0.05, 0) is 18.9 Å². The lowest BCUT2D eigenvalue weighted by Crippen LogP contribution is -2.69. The van der Waals surface area contributed by atoms with Crippen LogP contribution in [-0.2, 0) is 38.1 Å². The van der Waals surface area contributed by atoms with E-state index in [2.05, 4.69) is 6.58 Å². The molecule has 3 aliphatic heterocycles. The highest BCUT2D eigenvalue weighted by molar-refractivity contribution is 6.23. The standard InChI is InChI=1S/C26H35ClO10/c1-7-8-13(29)34-16-9(2)14-21(33-12(5)28)26(32)11(4)24(31)37-22(26)15(27)10(3)17-18(35-17)20(30)25(14,6)23-19(16)36-23/h9,11,14-23,30,32H,3,7-8H2,1-2,4-6H3/t9-,11+,14?,15?,16?,17?,18?,19?,20?,21?,22?,23?,25+,26?/m1/s1. The Hall–Kier alpha value is -1.72. The summed E-state index contributed by atoms with van der Waals surface area (Å²) in [6.45, 7) is 12.2. The zero-order valence-corrected chi connectivity index (χ0v) is 22.3. The summed E-state index contributed by atoms with van der Waals surface area (Å²) in [5.41, 5.74) is -2.86. The van der Waals surface area contributed by atoms with Crippen LogP contribution in [0.15, 0.2) is 12.2 Å². The predicted molar refractivity (Wildman–Crippen MR) is 127 cm³/mol. The summed E-state index contributed by atoms with van der Waals surface area (Å²) in [7, 11) is 0. The number of rotatable bonds is 4. The van der Waals surface area contributed by atoms with Crippen LogP contribution >= 0.6 is 11.6 Å². The van der Waals surface area contributed by atoms with Crippen LogP contribution in [0, 0.1) is 23.2 Å². The van der Waals surface area contributed by atoms with E-state index >= 15 is 0 Å². The fourth-order valence-electron chi connectivity index (χ4n) is 7.15. The van der Waals surface area contributed by atoms with Crippen LogP contribution in [0.1, 0.15) is 47.5 Å². The van der Waals surface area contributed by atoms with Gasteiger partial charge in [-0.1, -0.05) is 27.4 Å². The van der Waals surface area contributed by atoms with Crippen molar-refractivity contribution in [1.82, 2.24) is 0 Å². The van der Waals surface area contributed by atoms with Gasteiger partial charge in [0.25, 0.3) is 0 Å². The van der Waals surface area contributed by atoms with Crippen molar-refractivity contribution in [2.24, 2.45) is 23.2 Å². The molecule has 0 spiro atoms. The van der Waals surface area contributed by atoms with Gasteiger partial charge in [-0.3, -0.25) is 14.4 Å². The Morgan fingerprint density at radius 1 is 1.16 bits per heavy atom. The quantitative estimate of drug-likeness (QED) is 0.175. The molecule has 14 atom stereocenters. The van der Waals surface area contributed by atoms with Crippen molar-refractivity contribution in [3.8, 4) is 0 Å². The molecule has 0 aromatic carbocycles. The van der Waals surface area contributed by atoms with Gasteiger partial charge in [0, 0.05) is 30.6 Å². The van der Waals surface area contributed by atoms with Gasteiger partial charge < -0.3 is 33.9 Å². The largest absolute Gasteiger partial charge is 0.459 e. The highest BCUT2D eigenvalue weighted by Gasteiger charge is 2.77. The highest BCUT2D eigenvalue weighted by Crippen LogP contribution is 2.63. The molecule has 206 valence electrons. The summed E-state index contributed by atoms with van der Waals surface area (Å²) in [5, 5.41) is 23.0. The van der Waals surface area contributed by atoms with Crippen LogP contribution in [0.25, 0.3) is 0 Å². The average Bonchev–Trinajstić information content (AvgIpc) is 3.75. The summed E-state index contributed by atoms with van der Waals surface area (Å²) < 4.78 is 29.2. The first-order chi connectivity index (χ1) is 17.3. The molecule has 0 radical (unpaired) electrons. The summed E-state index contributed by atoms with van der Waals surface area (Å²) in [4.78, 5) is 37.9. The lowest BCUT2D eigenvalue weighted by Gasteiger charge is -2.54. The molecule has 5 rings (SSSR count). The molecule has 11 heteroatoms. The number of ether oxygens (including phenoxy) is 5. The fraction of sp³-hybridized carbons (Fsp3) is 0.808. The van der Waals surface area contributed by atoms with Gasteiger partial charge in [0.1, 0.15) is 30.5 Å². The third-order valence-electron chi connectivity index (χ3n) is 9.27. The minimum absolute atomic E-state index is 0.220. The highest BCUT2D eigenvalue weighted by atomic mass is 35.5. The zero-order valence-electron chi connectivity index (χ0n) is 21.6. The Bertz CT molecular complexity index is 1020. The third kappa shape index (κ3) is 3.77. The van der Waals surface area contributed by atoms with Crippen molar-refractivity contribution >= 4 is 29.5 Å². The van der Waals surface area contributed by atoms with E-state index in [0.29, 0.717) is 12.0 Å². The van der Waals surface area contributed by atoms with E-state index in [1.54, 1.807) is 6.92 Å². The number of alkyl halides is 1. The van der Waals surface area contributed by atoms with Crippen molar-refractivity contribution in [3.63, 3.8) is 0 Å². The van der Waals surface area contributed by atoms with E-state index in [9.17, 15) is 24.6 Å². The second kappa shape index (κ2) is 8.91. The number of carbonyl (C=O) groups excluding carboxylic acids is 3. The first-order valence-electron chi connectivity index (χ1n) is 12.9. The lowest BCUT2D eigenvalue weighted by molar-refractivity contribution is -0.223. The van der Waals surface area contributed by atoms with Crippen molar-refractivity contribution in [2.45, 2.75) is 107 Å². The van der Waals surface area contributed by atoms with Gasteiger partial charge in [0.2, 0.25) is 0 Å². The number of fused-ring (bicyclic) bond motifs is 5. The number of esters is 3. The van der Waals surface area contributed by atoms with Crippen molar-refractivity contribution in [3.05, 3.63) is 12.2 Å². The van der Waals surface area contributed by atoms with E-state index in [1.165, 1.54) is 13.8 Å². The molecular formula is C26H35ClO10. The average molecular weight is 543 g/mol. The fourth-order valence-corrected chi connectivity index (χ4v) is 7.53. The van der Waals surface area contributed by atoms with Crippen LogP contribution in [0.2, 0.25) is 0 Å². The van der Waals surface area contributed by atoms with E-state index in [0.717, 1.165) is 0 Å². The molecule has 0 aromatic heterocycles. The van der Waals surface area contributed by atoms with Crippen LogP contribution < -0.4 is 0 Å². The Kier molecular flexibility index (Phi) is 6.47. The van der Waals surface area contributed by atoms with E-state index in [1.807, 2.05) is 13.8 Å². The van der Waals surface area contributed by atoms with Crippen LogP contribution in [0.3, 0.4) is 0 Å². The Balaban J connectivity index is 1.67. The molecule has 5 aliphatic rings. The van der Waals surface area contributed by atoms with E-state index in [-0.39, 0.29) is 6.42 Å². The number of aliphatic hydroxyl groups is 2. The normalized spacial score (nSPS) is 52.0. The molecule has 3 heterocycles. The van der Waals surface area contributed by atoms with E-state index in [4.69, 9.17) is 35.3 Å². The Labute approximate surface area is 220 Å². The number of hydrogen-bond donors (Lipinski definition) is 2. The summed E-state index contributed by atoms with van der Waals surface area (Å²) in [6.07, 6.45) is -6.05. The number of hydrogen-bond acceptors (Lipinski definition) is 10. The molecule has 2 saturated carbocycles. The molecule has 37 heavy (non-hydrogen) atoms. The van der Waals surface area contributed by atoms with Crippen molar-refractivity contribution < 1.29 is 48.3 Å². The summed E-state index contributed by atoms with van der Waals surface area (Å²) >= 11 is 6.74. The van der Waals surface area contributed by atoms with Crippen LogP contribution in [0.5, 0.6) is 0 Å². The zero-order chi connectivity index (χ0) is 27.2. The topological polar surface area (TPSA) is 144 Å². The number of epoxide rings is 2. The predicted octanol–water partition coefficient (Wildman–Crippen LogP) is 1.27. The number of carbonyl (C=O) groups is 3. The van der Waals surface area contributed by atoms with Crippen molar-refractivity contribution in [1.29, 1.82) is 0 Å². The maximum Gasteiger partial charge on any atom is 0.312 e. The maximum absolute atomic E-state index is 12.9. The van der Waals surface area contributed by atoms with Gasteiger partial charge in [-0.15, -0.1) is 11.6 Å². The van der Waals surface area contributed by atoms with E-state index < -0.39 is 101 Å². The summed E-state index contributed by atoms with van der Waals surface area (Å²) in [5.74, 6) is -4.32. The molecule has 0 bridgehead atoms. The van der Waals surface area contributed by atoms with Crippen molar-refractivity contribution in [2.75, 3.05) is 0 Å². The minimum atomic E-state index is -2.08. The van der Waals surface area contributed by atoms with Crippen LogP contribution in [0.4, 0.5) is 0 Å². The SMILES string of the molecule is C=C1C(Cl)C2OC(=O)[C@H](C)C2(O)C(OC(C)=O)C2[C@@H](C)C(OC(=O)CCC)C3OC3[C@]2(C)C(O)C2OC12. The molecule has 5 fully saturated rings. The molecule has 0 amide bonds. The molecule has 10 nitrogen and oxygen atoms in total. The molecule has 3 saturated heterocycles. The molecule has 0 aromatic rings.